The molecule has 0 aliphatic carbocycles. The van der Waals surface area contributed by atoms with Gasteiger partial charge in [-0.3, -0.25) is 4.79 Å². The first kappa shape index (κ1) is 15.8. The molecule has 0 bridgehead atoms. The highest BCUT2D eigenvalue weighted by molar-refractivity contribution is 6.30. The van der Waals surface area contributed by atoms with Gasteiger partial charge in [0.15, 0.2) is 0 Å². The molecule has 0 N–H and O–H groups in total. The number of hydrogen-bond donors (Lipinski definition) is 0. The van der Waals surface area contributed by atoms with Crippen molar-refractivity contribution in [2.45, 2.75) is 25.4 Å². The monoisotopic (exact) mass is 330 g/mol. The highest BCUT2D eigenvalue weighted by atomic mass is 35.5. The van der Waals surface area contributed by atoms with Gasteiger partial charge in [-0.1, -0.05) is 48.9 Å². The van der Waals surface area contributed by atoms with Crippen LogP contribution in [0.3, 0.4) is 0 Å². The summed E-state index contributed by atoms with van der Waals surface area (Å²) in [6.07, 6.45) is 2.35. The van der Waals surface area contributed by atoms with Crippen LogP contribution in [0.4, 0.5) is 0 Å². The van der Waals surface area contributed by atoms with Crippen molar-refractivity contribution in [1.29, 1.82) is 0 Å². The van der Waals surface area contributed by atoms with Gasteiger partial charge >= 0.3 is 0 Å². The van der Waals surface area contributed by atoms with E-state index in [2.05, 4.69) is 4.98 Å². The quantitative estimate of drug-likeness (QED) is 0.842. The Kier molecular flexibility index (Phi) is 4.82. The molecule has 2 heterocycles. The molecule has 1 aromatic heterocycles. The summed E-state index contributed by atoms with van der Waals surface area (Å²) in [5.41, 5.74) is 1.07. The van der Waals surface area contributed by atoms with E-state index in [0.717, 1.165) is 12.0 Å². The van der Waals surface area contributed by atoms with Gasteiger partial charge in [0.25, 0.3) is 0 Å². The summed E-state index contributed by atoms with van der Waals surface area (Å²) in [5, 5.41) is 0.580. The third-order valence-corrected chi connectivity index (χ3v) is 4.28. The minimum absolute atomic E-state index is 0.000838. The lowest BCUT2D eigenvalue weighted by atomic mass is 9.93. The van der Waals surface area contributed by atoms with Gasteiger partial charge in [-0.25, -0.2) is 4.98 Å². The van der Waals surface area contributed by atoms with E-state index in [9.17, 15) is 4.79 Å². The summed E-state index contributed by atoms with van der Waals surface area (Å²) in [7, 11) is 0. The lowest BCUT2D eigenvalue weighted by molar-refractivity contribution is -0.141. The summed E-state index contributed by atoms with van der Waals surface area (Å²) in [4.78, 5) is 18.6. The van der Waals surface area contributed by atoms with Gasteiger partial charge in [0.2, 0.25) is 11.8 Å². The number of nitrogens with zero attached hydrogens (tertiary/aromatic N) is 2. The smallest absolute Gasteiger partial charge is 0.230 e. The first-order valence-electron chi connectivity index (χ1n) is 7.79. The van der Waals surface area contributed by atoms with Crippen LogP contribution in [-0.2, 0) is 4.79 Å². The predicted octanol–water partition coefficient (Wildman–Crippen LogP) is 3.52. The molecule has 4 nitrogen and oxygen atoms in total. The number of pyridine rings is 1. The zero-order valence-corrected chi connectivity index (χ0v) is 13.7. The number of halogens is 1. The van der Waals surface area contributed by atoms with E-state index in [1.54, 1.807) is 18.3 Å². The molecule has 1 aliphatic rings. The Labute approximate surface area is 141 Å². The average molecular weight is 331 g/mol. The van der Waals surface area contributed by atoms with Crippen LogP contribution in [0, 0.1) is 0 Å². The zero-order valence-electron chi connectivity index (χ0n) is 13.0. The van der Waals surface area contributed by atoms with Gasteiger partial charge in [0.1, 0.15) is 6.10 Å². The van der Waals surface area contributed by atoms with Crippen molar-refractivity contribution < 1.29 is 9.53 Å². The molecule has 1 saturated heterocycles. The maximum atomic E-state index is 12.6. The fourth-order valence-electron chi connectivity index (χ4n) is 2.75. The van der Waals surface area contributed by atoms with Crippen molar-refractivity contribution in [3.8, 4) is 5.88 Å². The van der Waals surface area contributed by atoms with Gasteiger partial charge in [0, 0.05) is 12.3 Å². The molecule has 1 fully saturated rings. The third kappa shape index (κ3) is 3.64. The largest absolute Gasteiger partial charge is 0.471 e. The van der Waals surface area contributed by atoms with Gasteiger partial charge in [-0.2, -0.15) is 0 Å². The van der Waals surface area contributed by atoms with Gasteiger partial charge < -0.3 is 9.64 Å². The van der Waals surface area contributed by atoms with Crippen molar-refractivity contribution in [3.05, 3.63) is 59.2 Å². The second kappa shape index (κ2) is 7.01. The Bertz CT molecular complexity index is 654. The number of carbonyl (C=O) groups is 1. The highest BCUT2D eigenvalue weighted by Crippen LogP contribution is 2.26. The third-order valence-electron chi connectivity index (χ3n) is 4.06. The number of rotatable bonds is 5. The Morgan fingerprint density at radius 1 is 1.30 bits per heavy atom. The minimum Gasteiger partial charge on any atom is -0.471 e. The SMILES string of the molecule is CCC(C(=O)N1CC(Oc2ccc(Cl)cn2)C1)c1ccccc1. The van der Waals surface area contributed by atoms with Gasteiger partial charge in [0.05, 0.1) is 24.0 Å². The van der Waals surface area contributed by atoms with Crippen LogP contribution in [0.1, 0.15) is 24.8 Å². The fraction of sp³-hybridized carbons (Fsp3) is 0.333. The summed E-state index contributed by atoms with van der Waals surface area (Å²) in [6.45, 7) is 3.25. The molecule has 1 aromatic carbocycles. The van der Waals surface area contributed by atoms with Crippen molar-refractivity contribution in [2.24, 2.45) is 0 Å². The van der Waals surface area contributed by atoms with Crippen LogP contribution in [0.25, 0.3) is 0 Å². The molecular formula is C18H19ClN2O2. The van der Waals surface area contributed by atoms with E-state index in [-0.39, 0.29) is 17.9 Å². The molecule has 1 aliphatic heterocycles. The predicted molar refractivity (Wildman–Crippen MR) is 89.7 cm³/mol. The Morgan fingerprint density at radius 2 is 2.04 bits per heavy atom. The summed E-state index contributed by atoms with van der Waals surface area (Å²) >= 11 is 5.80. The van der Waals surface area contributed by atoms with Crippen molar-refractivity contribution in [2.75, 3.05) is 13.1 Å². The first-order valence-corrected chi connectivity index (χ1v) is 8.17. The molecule has 1 unspecified atom stereocenters. The molecule has 1 atom stereocenters. The Hall–Kier alpha value is -2.07. The number of amides is 1. The van der Waals surface area contributed by atoms with Crippen LogP contribution in [0.2, 0.25) is 5.02 Å². The zero-order chi connectivity index (χ0) is 16.2. The van der Waals surface area contributed by atoms with E-state index in [1.807, 2.05) is 42.2 Å². The summed E-state index contributed by atoms with van der Waals surface area (Å²) in [5.74, 6) is 0.634. The van der Waals surface area contributed by atoms with Crippen molar-refractivity contribution >= 4 is 17.5 Å². The maximum absolute atomic E-state index is 12.6. The normalized spacial score (nSPS) is 15.8. The average Bonchev–Trinajstić information content (AvgIpc) is 2.54. The topological polar surface area (TPSA) is 42.4 Å². The second-order valence-corrected chi connectivity index (χ2v) is 6.11. The van der Waals surface area contributed by atoms with E-state index < -0.39 is 0 Å². The standard InChI is InChI=1S/C18H19ClN2O2/c1-2-16(13-6-4-3-5-7-13)18(22)21-11-15(12-21)23-17-9-8-14(19)10-20-17/h3-10,15-16H,2,11-12H2,1H3. The number of aromatic nitrogens is 1. The van der Waals surface area contributed by atoms with Crippen LogP contribution in [0.15, 0.2) is 48.7 Å². The van der Waals surface area contributed by atoms with Crippen LogP contribution >= 0.6 is 11.6 Å². The van der Waals surface area contributed by atoms with Crippen LogP contribution in [0.5, 0.6) is 5.88 Å². The number of likely N-dealkylation sites (tertiary alicyclic amines) is 1. The van der Waals surface area contributed by atoms with E-state index >= 15 is 0 Å². The first-order chi connectivity index (χ1) is 11.2. The van der Waals surface area contributed by atoms with Gasteiger partial charge in [-0.05, 0) is 18.1 Å². The number of benzene rings is 1. The molecule has 5 heteroatoms. The molecule has 23 heavy (non-hydrogen) atoms. The minimum atomic E-state index is -0.0780. The Morgan fingerprint density at radius 3 is 2.65 bits per heavy atom. The van der Waals surface area contributed by atoms with Crippen molar-refractivity contribution in [1.82, 2.24) is 9.88 Å². The van der Waals surface area contributed by atoms with Crippen LogP contribution in [-0.4, -0.2) is 35.0 Å². The molecule has 3 rings (SSSR count). The number of ether oxygens (including phenoxy) is 1. The molecule has 2 aromatic rings. The molecule has 0 saturated carbocycles. The molecule has 0 spiro atoms. The highest BCUT2D eigenvalue weighted by Gasteiger charge is 2.35. The van der Waals surface area contributed by atoms with E-state index in [1.165, 1.54) is 0 Å². The maximum Gasteiger partial charge on any atom is 0.230 e. The molecule has 120 valence electrons. The van der Waals surface area contributed by atoms with E-state index in [0.29, 0.717) is 24.0 Å². The van der Waals surface area contributed by atoms with Crippen LogP contribution < -0.4 is 4.74 Å². The lowest BCUT2D eigenvalue weighted by Crippen LogP contribution is -2.57. The Balaban J connectivity index is 1.55. The lowest BCUT2D eigenvalue weighted by Gasteiger charge is -2.40. The summed E-state index contributed by atoms with van der Waals surface area (Å²) in [6, 6.07) is 13.4. The molecular weight excluding hydrogens is 312 g/mol. The summed E-state index contributed by atoms with van der Waals surface area (Å²) < 4.78 is 5.74. The number of hydrogen-bond acceptors (Lipinski definition) is 3. The van der Waals surface area contributed by atoms with Crippen molar-refractivity contribution in [3.63, 3.8) is 0 Å². The number of carbonyl (C=O) groups excluding carboxylic acids is 1. The second-order valence-electron chi connectivity index (χ2n) is 5.67. The molecule has 1 amide bonds. The van der Waals surface area contributed by atoms with Gasteiger partial charge in [-0.15, -0.1) is 0 Å². The molecule has 0 radical (unpaired) electrons. The van der Waals surface area contributed by atoms with E-state index in [4.69, 9.17) is 16.3 Å². The fourth-order valence-corrected chi connectivity index (χ4v) is 2.87.